The fraction of sp³-hybridized carbons (Fsp3) is 0. The molecule has 0 aliphatic heterocycles. The van der Waals surface area contributed by atoms with Gasteiger partial charge in [-0.25, -0.2) is 0 Å². The van der Waals surface area contributed by atoms with Crippen molar-refractivity contribution in [2.24, 2.45) is 0 Å². The van der Waals surface area contributed by atoms with Crippen LogP contribution in [0.4, 0.5) is 0 Å². The molecule has 0 amide bonds. The van der Waals surface area contributed by atoms with Crippen molar-refractivity contribution in [1.29, 1.82) is 0 Å². The lowest BCUT2D eigenvalue weighted by Crippen LogP contribution is -1.90. The van der Waals surface area contributed by atoms with Crippen molar-refractivity contribution in [3.8, 4) is 11.1 Å². The molecule has 0 unspecified atom stereocenters. The van der Waals surface area contributed by atoms with Crippen LogP contribution in [0.25, 0.3) is 54.2 Å². The van der Waals surface area contributed by atoms with E-state index in [1.54, 1.807) is 0 Å². The number of fused-ring (bicyclic) bond motifs is 5. The number of hydrogen-bond acceptors (Lipinski definition) is 0. The first-order valence-corrected chi connectivity index (χ1v) is 9.96. The summed E-state index contributed by atoms with van der Waals surface area (Å²) in [5, 5.41) is 4.42. The lowest BCUT2D eigenvalue weighted by molar-refractivity contribution is 1.71. The van der Waals surface area contributed by atoms with Gasteiger partial charge in [-0.05, 0) is 76.2 Å². The second kappa shape index (κ2) is 6.43. The average Bonchev–Trinajstić information content (AvgIpc) is 2.91. The Morgan fingerprint density at radius 1 is 0.552 bits per heavy atom. The minimum absolute atomic E-state index is 0.177. The van der Waals surface area contributed by atoms with Crippen molar-refractivity contribution >= 4 is 59.0 Å². The summed E-state index contributed by atoms with van der Waals surface area (Å²) in [5.41, 5.74) is 0.987. The summed E-state index contributed by atoms with van der Waals surface area (Å²) in [4.78, 5) is 0. The summed E-state index contributed by atoms with van der Waals surface area (Å²) < 4.78 is 68.8. The third-order valence-corrected chi connectivity index (χ3v) is 6.14. The maximum Gasteiger partial charge on any atom is 0.0630 e. The van der Waals surface area contributed by atoms with E-state index in [9.17, 15) is 0 Å². The van der Waals surface area contributed by atoms with Crippen LogP contribution in [-0.2, 0) is 0 Å². The molecular formula is C28H17Br. The average molecular weight is 441 g/mol. The van der Waals surface area contributed by atoms with Gasteiger partial charge in [0.2, 0.25) is 0 Å². The Kier molecular flexibility index (Phi) is 2.35. The molecule has 6 rings (SSSR count). The highest BCUT2D eigenvalue weighted by atomic mass is 79.9. The Hall–Kier alpha value is -3.16. The first-order valence-electron chi connectivity index (χ1n) is 13.2. The van der Waals surface area contributed by atoms with Crippen LogP contribution in [-0.4, -0.2) is 0 Å². The molecule has 0 nitrogen and oxygen atoms in total. The molecule has 1 heteroatoms. The largest absolute Gasteiger partial charge is 0.0630 e. The third kappa shape index (κ3) is 2.44. The summed E-state index contributed by atoms with van der Waals surface area (Å²) in [6.45, 7) is 0. The van der Waals surface area contributed by atoms with Gasteiger partial charge in [-0.1, -0.05) is 96.9 Å². The van der Waals surface area contributed by atoms with Crippen LogP contribution in [0.15, 0.2) is 107 Å². The zero-order valence-electron chi connectivity index (χ0n) is 23.1. The Balaban J connectivity index is 2.03. The van der Waals surface area contributed by atoms with Gasteiger partial charge in [0.1, 0.15) is 0 Å². The van der Waals surface area contributed by atoms with Gasteiger partial charge in [0.05, 0.1) is 11.0 Å². The van der Waals surface area contributed by atoms with Crippen LogP contribution in [0.5, 0.6) is 0 Å². The molecule has 0 fully saturated rings. The van der Waals surface area contributed by atoms with E-state index in [-0.39, 0.29) is 50.2 Å². The van der Waals surface area contributed by atoms with Crippen LogP contribution in [0.2, 0.25) is 0 Å². The molecule has 0 saturated carbocycles. The Labute approximate surface area is 188 Å². The van der Waals surface area contributed by atoms with Crippen LogP contribution in [0.1, 0.15) is 11.0 Å². The molecule has 29 heavy (non-hydrogen) atoms. The standard InChI is InChI=1S/C28H17Br/c29-28-24-15-7-5-13-22(24)27(23-14-6-8-16-25(23)28)26-17-18-9-1-2-10-19(18)20-11-3-4-12-21(20)26/h1-17H/i5D,6D,7D,8D,13D,14D,15D,16D. The van der Waals surface area contributed by atoms with E-state index < -0.39 is 24.2 Å². The lowest BCUT2D eigenvalue weighted by atomic mass is 9.87. The van der Waals surface area contributed by atoms with E-state index in [0.29, 0.717) is 11.1 Å². The van der Waals surface area contributed by atoms with Gasteiger partial charge in [0, 0.05) is 4.47 Å². The molecule has 6 aromatic rings. The number of hydrogen-bond donors (Lipinski definition) is 0. The highest BCUT2D eigenvalue weighted by Crippen LogP contribution is 2.44. The summed E-state index contributed by atoms with van der Waals surface area (Å²) in [6, 6.07) is 14.8. The molecule has 0 bridgehead atoms. The van der Waals surface area contributed by atoms with Crippen LogP contribution < -0.4 is 0 Å². The summed E-state index contributed by atoms with van der Waals surface area (Å²) in [7, 11) is 0. The predicted octanol–water partition coefficient (Wildman–Crippen LogP) is 8.73. The van der Waals surface area contributed by atoms with Gasteiger partial charge in [0.15, 0.2) is 0 Å². The molecule has 0 aliphatic rings. The third-order valence-electron chi connectivity index (χ3n) is 5.35. The Bertz CT molecular complexity index is 1900. The van der Waals surface area contributed by atoms with Crippen LogP contribution >= 0.6 is 15.9 Å². The second-order valence-electron chi connectivity index (χ2n) is 6.88. The molecule has 0 aromatic heterocycles. The topological polar surface area (TPSA) is 0 Å². The summed E-state index contributed by atoms with van der Waals surface area (Å²) >= 11 is 3.47. The van der Waals surface area contributed by atoms with Crippen molar-refractivity contribution < 1.29 is 11.0 Å². The van der Waals surface area contributed by atoms with Gasteiger partial charge in [0.25, 0.3) is 0 Å². The van der Waals surface area contributed by atoms with E-state index in [0.717, 1.165) is 21.5 Å². The predicted molar refractivity (Wildman–Crippen MR) is 130 cm³/mol. The molecule has 6 aromatic carbocycles. The fourth-order valence-electron chi connectivity index (χ4n) is 4.11. The van der Waals surface area contributed by atoms with Crippen LogP contribution in [0.3, 0.4) is 0 Å². The van der Waals surface area contributed by atoms with Crippen LogP contribution in [0, 0.1) is 0 Å². The van der Waals surface area contributed by atoms with Gasteiger partial charge >= 0.3 is 0 Å². The lowest BCUT2D eigenvalue weighted by Gasteiger charge is -2.17. The van der Waals surface area contributed by atoms with Crippen molar-refractivity contribution in [2.45, 2.75) is 0 Å². The molecule has 0 aliphatic carbocycles. The molecular weight excluding hydrogens is 416 g/mol. The molecule has 0 saturated heterocycles. The van der Waals surface area contributed by atoms with Gasteiger partial charge < -0.3 is 0 Å². The SMILES string of the molecule is [2H]c1c([2H])c([2H])c2c(-c3cc4ccccc4c4ccccc34)c3c([2H])c([2H])c([2H])c([2H])c3c(Br)c2c1[2H]. The number of rotatable bonds is 1. The Morgan fingerprint density at radius 3 is 1.72 bits per heavy atom. The van der Waals surface area contributed by atoms with E-state index in [2.05, 4.69) is 15.9 Å². The minimum Gasteiger partial charge on any atom is -0.0616 e. The van der Waals surface area contributed by atoms with E-state index in [1.807, 2.05) is 54.6 Å². The van der Waals surface area contributed by atoms with Gasteiger partial charge in [-0.3, -0.25) is 0 Å². The van der Waals surface area contributed by atoms with Gasteiger partial charge in [-0.2, -0.15) is 0 Å². The van der Waals surface area contributed by atoms with Crippen molar-refractivity contribution in [3.63, 3.8) is 0 Å². The molecule has 0 N–H and O–H groups in total. The quantitative estimate of drug-likeness (QED) is 0.177. The maximum atomic E-state index is 8.88. The van der Waals surface area contributed by atoms with E-state index in [1.165, 1.54) is 0 Å². The smallest absolute Gasteiger partial charge is 0.0616 e. The molecule has 136 valence electrons. The molecule has 0 atom stereocenters. The fourth-order valence-corrected chi connectivity index (χ4v) is 4.70. The van der Waals surface area contributed by atoms with Gasteiger partial charge in [-0.15, -0.1) is 0 Å². The van der Waals surface area contributed by atoms with Crippen molar-refractivity contribution in [3.05, 3.63) is 107 Å². The minimum atomic E-state index is -0.410. The Morgan fingerprint density at radius 2 is 1.07 bits per heavy atom. The molecule has 0 spiro atoms. The zero-order valence-corrected chi connectivity index (χ0v) is 16.7. The normalized spacial score (nSPS) is 15.5. The zero-order chi connectivity index (χ0) is 26.3. The van der Waals surface area contributed by atoms with E-state index >= 15 is 0 Å². The first kappa shape index (κ1) is 10.6. The highest BCUT2D eigenvalue weighted by Gasteiger charge is 2.16. The van der Waals surface area contributed by atoms with E-state index in [4.69, 9.17) is 11.0 Å². The summed E-state index contributed by atoms with van der Waals surface area (Å²) in [6.07, 6.45) is 0. The van der Waals surface area contributed by atoms with Crippen molar-refractivity contribution in [1.82, 2.24) is 0 Å². The number of halogens is 1. The molecule has 0 heterocycles. The second-order valence-corrected chi connectivity index (χ2v) is 7.67. The summed E-state index contributed by atoms with van der Waals surface area (Å²) in [5.74, 6) is 0. The maximum absolute atomic E-state index is 8.88. The van der Waals surface area contributed by atoms with Crippen molar-refractivity contribution in [2.75, 3.05) is 0 Å². The highest BCUT2D eigenvalue weighted by molar-refractivity contribution is 9.10. The molecule has 0 radical (unpaired) electrons. The first-order chi connectivity index (χ1) is 17.6. The number of benzene rings is 6. The monoisotopic (exact) mass is 440 g/mol.